The number of likely N-dealkylation sites (N-methyl/N-ethyl adjacent to an activating group) is 1. The number of rotatable bonds is 7. The van der Waals surface area contributed by atoms with E-state index in [1.807, 2.05) is 60.5 Å². The first-order chi connectivity index (χ1) is 18.0. The molecule has 0 radical (unpaired) electrons. The van der Waals surface area contributed by atoms with Gasteiger partial charge in [-0.1, -0.05) is 30.9 Å². The summed E-state index contributed by atoms with van der Waals surface area (Å²) in [5.74, 6) is 1.63. The first-order valence-electron chi connectivity index (χ1n) is 12.2. The van der Waals surface area contributed by atoms with E-state index in [9.17, 15) is 4.79 Å². The van der Waals surface area contributed by atoms with Crippen LogP contribution >= 0.6 is 0 Å². The molecular formula is C28H30N8O. The largest absolute Gasteiger partial charge is 0.324 e. The van der Waals surface area contributed by atoms with Gasteiger partial charge in [-0.3, -0.25) is 4.79 Å². The molecule has 0 bridgehead atoms. The molecule has 0 amide bonds. The number of hydrogen-bond acceptors (Lipinski definition) is 7. The molecule has 0 saturated carbocycles. The van der Waals surface area contributed by atoms with E-state index in [0.29, 0.717) is 28.6 Å². The quantitative estimate of drug-likeness (QED) is 0.384. The summed E-state index contributed by atoms with van der Waals surface area (Å²) in [6, 6.07) is 12.0. The highest BCUT2D eigenvalue weighted by Crippen LogP contribution is 2.24. The van der Waals surface area contributed by atoms with E-state index in [1.165, 1.54) is 15.8 Å². The second-order valence-electron chi connectivity index (χ2n) is 8.98. The number of hydrogen-bond donors (Lipinski definition) is 1. The van der Waals surface area contributed by atoms with Crippen LogP contribution in [0.25, 0.3) is 16.9 Å². The average molecular weight is 495 g/mol. The lowest BCUT2D eigenvalue weighted by atomic mass is 9.99. The monoisotopic (exact) mass is 494 g/mol. The van der Waals surface area contributed by atoms with Crippen LogP contribution in [0.1, 0.15) is 18.1 Å². The maximum Gasteiger partial charge on any atom is 0.277 e. The van der Waals surface area contributed by atoms with Crippen molar-refractivity contribution < 1.29 is 0 Å². The molecule has 4 aromatic rings. The van der Waals surface area contributed by atoms with Crippen LogP contribution < -0.4 is 15.8 Å². The third kappa shape index (κ3) is 4.81. The van der Waals surface area contributed by atoms with Crippen molar-refractivity contribution in [3.63, 3.8) is 0 Å². The Kier molecular flexibility index (Phi) is 6.70. The molecule has 0 unspecified atom stereocenters. The molecule has 1 aliphatic heterocycles. The summed E-state index contributed by atoms with van der Waals surface area (Å²) >= 11 is 0. The highest BCUT2D eigenvalue weighted by molar-refractivity contribution is 5.77. The van der Waals surface area contributed by atoms with Crippen LogP contribution in [0.15, 0.2) is 84.6 Å². The summed E-state index contributed by atoms with van der Waals surface area (Å²) in [5, 5.41) is 3.73. The molecule has 0 fully saturated rings. The Balaban J connectivity index is 1.52. The molecule has 188 valence electrons. The fourth-order valence-corrected chi connectivity index (χ4v) is 4.47. The number of pyridine rings is 1. The van der Waals surface area contributed by atoms with Gasteiger partial charge in [0.05, 0.1) is 0 Å². The van der Waals surface area contributed by atoms with E-state index in [2.05, 4.69) is 41.0 Å². The van der Waals surface area contributed by atoms with Crippen LogP contribution in [0.3, 0.4) is 0 Å². The Morgan fingerprint density at radius 3 is 2.78 bits per heavy atom. The molecule has 1 aromatic carbocycles. The first kappa shape index (κ1) is 24.2. The normalized spacial score (nSPS) is 13.9. The minimum absolute atomic E-state index is 0.194. The highest BCUT2D eigenvalue weighted by Gasteiger charge is 2.18. The predicted molar refractivity (Wildman–Crippen MR) is 148 cm³/mol. The van der Waals surface area contributed by atoms with Crippen LogP contribution in [0, 0.1) is 0 Å². The first-order valence-corrected chi connectivity index (χ1v) is 12.2. The molecule has 0 aliphatic carbocycles. The van der Waals surface area contributed by atoms with Gasteiger partial charge in [-0.2, -0.15) is 4.98 Å². The summed E-state index contributed by atoms with van der Waals surface area (Å²) in [6.07, 6.45) is 11.9. The van der Waals surface area contributed by atoms with Crippen LogP contribution in [0.2, 0.25) is 0 Å². The molecule has 9 heteroatoms. The van der Waals surface area contributed by atoms with Crippen LogP contribution in [0.5, 0.6) is 0 Å². The van der Waals surface area contributed by atoms with Crippen molar-refractivity contribution >= 4 is 28.5 Å². The van der Waals surface area contributed by atoms with Crippen LogP contribution in [0.4, 0.5) is 17.5 Å². The van der Waals surface area contributed by atoms with E-state index >= 15 is 0 Å². The summed E-state index contributed by atoms with van der Waals surface area (Å²) in [5.41, 5.74) is 3.87. The minimum Gasteiger partial charge on any atom is -0.324 e. The summed E-state index contributed by atoms with van der Waals surface area (Å²) < 4.78 is 3.20. The fourth-order valence-electron chi connectivity index (χ4n) is 4.47. The number of nitrogens with zero attached hydrogens (tertiary/aromatic N) is 7. The molecule has 37 heavy (non-hydrogen) atoms. The topological polar surface area (TPSA) is 84.1 Å². The number of allylic oxidation sites excluding steroid dienone is 3. The Morgan fingerprint density at radius 1 is 1.11 bits per heavy atom. The van der Waals surface area contributed by atoms with Crippen LogP contribution in [-0.4, -0.2) is 42.8 Å². The number of benzene rings is 1. The predicted octanol–water partition coefficient (Wildman–Crippen LogP) is 4.29. The lowest BCUT2D eigenvalue weighted by Crippen LogP contribution is -2.26. The van der Waals surface area contributed by atoms with Gasteiger partial charge in [0.2, 0.25) is 5.95 Å². The van der Waals surface area contributed by atoms with E-state index in [0.717, 1.165) is 25.2 Å². The maximum absolute atomic E-state index is 13.0. The maximum atomic E-state index is 13.0. The molecular weight excluding hydrogens is 464 g/mol. The standard InChI is InChI=1S/C28H30N8O/c1-5-7-8-15-35(6-2)24-10-9-11-25(31-24)36-26-23(27(37)34(36)4)18-29-28(32-26)30-22-13-12-21-19-33(3)16-14-20(21)17-22/h5-13,15,17-18H,2,14,16,19H2,1,3-4H3,(H,29,30,32)/b7-5-,15-8-. The highest BCUT2D eigenvalue weighted by atomic mass is 16.1. The molecule has 9 nitrogen and oxygen atoms in total. The number of fused-ring (bicyclic) bond motifs is 2. The Labute approximate surface area is 215 Å². The Bertz CT molecular complexity index is 1580. The third-order valence-corrected chi connectivity index (χ3v) is 6.41. The van der Waals surface area contributed by atoms with Gasteiger partial charge in [-0.05, 0) is 61.9 Å². The lowest BCUT2D eigenvalue weighted by Gasteiger charge is -2.25. The van der Waals surface area contributed by atoms with E-state index < -0.39 is 0 Å². The second kappa shape index (κ2) is 10.2. The molecule has 0 saturated heterocycles. The van der Waals surface area contributed by atoms with Gasteiger partial charge in [0, 0.05) is 44.4 Å². The number of anilines is 3. The van der Waals surface area contributed by atoms with E-state index in [-0.39, 0.29) is 5.56 Å². The molecule has 1 aliphatic rings. The smallest absolute Gasteiger partial charge is 0.277 e. The zero-order chi connectivity index (χ0) is 25.9. The Morgan fingerprint density at radius 2 is 1.97 bits per heavy atom. The zero-order valence-electron chi connectivity index (χ0n) is 21.3. The SMILES string of the molecule is C=CN(/C=C\C=C/C)c1cccc(-n2c3nc(Nc4ccc5c(c4)CCN(C)C5)ncc3c(=O)n2C)n1. The van der Waals surface area contributed by atoms with Gasteiger partial charge in [-0.25, -0.2) is 19.3 Å². The lowest BCUT2D eigenvalue weighted by molar-refractivity contribution is 0.313. The average Bonchev–Trinajstić information content (AvgIpc) is 3.16. The zero-order valence-corrected chi connectivity index (χ0v) is 21.3. The van der Waals surface area contributed by atoms with Crippen molar-refractivity contribution in [3.8, 4) is 5.82 Å². The van der Waals surface area contributed by atoms with Gasteiger partial charge in [0.25, 0.3) is 5.56 Å². The molecule has 0 atom stereocenters. The minimum atomic E-state index is -0.194. The number of nitrogens with one attached hydrogen (secondary N) is 1. The van der Waals surface area contributed by atoms with E-state index in [1.54, 1.807) is 24.1 Å². The van der Waals surface area contributed by atoms with Crippen molar-refractivity contribution in [3.05, 3.63) is 101 Å². The molecule has 5 rings (SSSR count). The summed E-state index contributed by atoms with van der Waals surface area (Å²) in [7, 11) is 3.83. The van der Waals surface area contributed by atoms with Crippen LogP contribution in [-0.2, 0) is 20.0 Å². The molecule has 4 heterocycles. The number of aromatic nitrogens is 5. The van der Waals surface area contributed by atoms with Crippen molar-refractivity contribution in [2.75, 3.05) is 23.8 Å². The van der Waals surface area contributed by atoms with Gasteiger partial charge in [-0.15, -0.1) is 0 Å². The van der Waals surface area contributed by atoms with Crippen molar-refractivity contribution in [2.24, 2.45) is 7.05 Å². The Hall–Kier alpha value is -4.50. The molecule has 1 N–H and O–H groups in total. The van der Waals surface area contributed by atoms with Gasteiger partial charge < -0.3 is 15.1 Å². The van der Waals surface area contributed by atoms with Crippen molar-refractivity contribution in [1.82, 2.24) is 29.2 Å². The molecule has 3 aromatic heterocycles. The van der Waals surface area contributed by atoms with Gasteiger partial charge >= 0.3 is 0 Å². The van der Waals surface area contributed by atoms with Gasteiger partial charge in [0.1, 0.15) is 11.2 Å². The summed E-state index contributed by atoms with van der Waals surface area (Å²) in [4.78, 5) is 31.0. The third-order valence-electron chi connectivity index (χ3n) is 6.41. The van der Waals surface area contributed by atoms with Gasteiger partial charge in [0.15, 0.2) is 11.5 Å². The fraction of sp³-hybridized carbons (Fsp3) is 0.214. The van der Waals surface area contributed by atoms with Crippen molar-refractivity contribution in [1.29, 1.82) is 0 Å². The molecule has 0 spiro atoms. The second-order valence-corrected chi connectivity index (χ2v) is 8.98. The van der Waals surface area contributed by atoms with Crippen molar-refractivity contribution in [2.45, 2.75) is 19.9 Å². The summed E-state index contributed by atoms with van der Waals surface area (Å²) in [6.45, 7) is 7.83. The van der Waals surface area contributed by atoms with E-state index in [4.69, 9.17) is 9.97 Å².